The number of methoxy groups -OCH3 is 1. The van der Waals surface area contributed by atoms with E-state index in [9.17, 15) is 17.6 Å². The summed E-state index contributed by atoms with van der Waals surface area (Å²) in [5, 5.41) is 2.74. The van der Waals surface area contributed by atoms with Gasteiger partial charge in [-0.3, -0.25) is 9.52 Å². The first-order valence-corrected chi connectivity index (χ1v) is 10.1. The number of nitrogens with one attached hydrogen (secondary N) is 2. The number of sulfonamides is 1. The third kappa shape index (κ3) is 4.72. The van der Waals surface area contributed by atoms with E-state index in [0.717, 1.165) is 6.07 Å². The van der Waals surface area contributed by atoms with Crippen LogP contribution in [0.3, 0.4) is 0 Å². The zero-order valence-corrected chi connectivity index (χ0v) is 16.6. The molecule has 0 aliphatic carbocycles. The number of para-hydroxylation sites is 2. The normalized spacial score (nSPS) is 11.0. The average Bonchev–Trinajstić information content (AvgIpc) is 2.70. The van der Waals surface area contributed by atoms with Crippen molar-refractivity contribution in [1.82, 2.24) is 0 Å². The zero-order valence-electron chi connectivity index (χ0n) is 15.8. The molecule has 1 amide bonds. The molecule has 3 aromatic carbocycles. The molecule has 0 fully saturated rings. The van der Waals surface area contributed by atoms with E-state index in [2.05, 4.69) is 10.0 Å². The Kier molecular flexibility index (Phi) is 5.84. The molecule has 0 spiro atoms. The van der Waals surface area contributed by atoms with E-state index in [0.29, 0.717) is 17.0 Å². The third-order valence-corrected chi connectivity index (χ3v) is 5.57. The van der Waals surface area contributed by atoms with Gasteiger partial charge in [-0.2, -0.15) is 0 Å². The highest BCUT2D eigenvalue weighted by Gasteiger charge is 2.16. The number of rotatable bonds is 6. The zero-order chi connectivity index (χ0) is 21.0. The molecule has 0 aliphatic heterocycles. The Morgan fingerprint density at radius 1 is 1.00 bits per heavy atom. The molecule has 0 atom stereocenters. The number of benzene rings is 3. The Labute approximate surface area is 168 Å². The van der Waals surface area contributed by atoms with Crippen LogP contribution in [-0.4, -0.2) is 21.4 Å². The molecule has 0 heterocycles. The van der Waals surface area contributed by atoms with Crippen LogP contribution in [0.15, 0.2) is 71.6 Å². The Morgan fingerprint density at radius 3 is 2.34 bits per heavy atom. The van der Waals surface area contributed by atoms with E-state index in [1.165, 1.54) is 50.4 Å². The highest BCUT2D eigenvalue weighted by molar-refractivity contribution is 7.92. The minimum atomic E-state index is -3.88. The molecule has 150 valence electrons. The van der Waals surface area contributed by atoms with Gasteiger partial charge in [0, 0.05) is 11.3 Å². The van der Waals surface area contributed by atoms with Crippen molar-refractivity contribution in [1.29, 1.82) is 0 Å². The molecule has 29 heavy (non-hydrogen) atoms. The molecule has 0 radical (unpaired) electrons. The minimum absolute atomic E-state index is 0.0469. The first-order valence-electron chi connectivity index (χ1n) is 8.63. The summed E-state index contributed by atoms with van der Waals surface area (Å²) in [6.45, 7) is 1.49. The second-order valence-corrected chi connectivity index (χ2v) is 7.93. The maximum Gasteiger partial charge on any atom is 0.261 e. The number of hydrogen-bond acceptors (Lipinski definition) is 4. The highest BCUT2D eigenvalue weighted by Crippen LogP contribution is 2.24. The van der Waals surface area contributed by atoms with Crippen LogP contribution in [0.4, 0.5) is 15.8 Å². The molecule has 3 aromatic rings. The number of hydrogen-bond donors (Lipinski definition) is 2. The lowest BCUT2D eigenvalue weighted by atomic mass is 10.2. The van der Waals surface area contributed by atoms with Gasteiger partial charge in [-0.15, -0.1) is 0 Å². The van der Waals surface area contributed by atoms with E-state index in [4.69, 9.17) is 4.74 Å². The molecule has 0 saturated carbocycles. The number of anilines is 2. The third-order valence-electron chi connectivity index (χ3n) is 4.19. The molecule has 2 N–H and O–H groups in total. The molecule has 0 unspecified atom stereocenters. The first kappa shape index (κ1) is 20.3. The molecule has 0 aliphatic rings. The van der Waals surface area contributed by atoms with Crippen LogP contribution in [0.25, 0.3) is 0 Å². The van der Waals surface area contributed by atoms with E-state index in [-0.39, 0.29) is 22.1 Å². The summed E-state index contributed by atoms with van der Waals surface area (Å²) >= 11 is 0. The summed E-state index contributed by atoms with van der Waals surface area (Å²) in [5.74, 6) is -0.313. The number of halogens is 1. The predicted molar refractivity (Wildman–Crippen MR) is 109 cm³/mol. The summed E-state index contributed by atoms with van der Waals surface area (Å²) in [6, 6.07) is 16.5. The standard InChI is InChI=1S/C21H19FN2O4S/c1-14-13-17(11-12-18(14)22)29(26,27)24-16-9-7-15(8-10-16)21(25)23-19-5-3-4-6-20(19)28-2/h3-13,24H,1-2H3,(H,23,25). The molecule has 0 bridgehead atoms. The largest absolute Gasteiger partial charge is 0.495 e. The highest BCUT2D eigenvalue weighted by atomic mass is 32.2. The molecular weight excluding hydrogens is 395 g/mol. The summed E-state index contributed by atoms with van der Waals surface area (Å²) < 4.78 is 45.9. The fourth-order valence-corrected chi connectivity index (χ4v) is 3.77. The monoisotopic (exact) mass is 414 g/mol. The fraction of sp³-hybridized carbons (Fsp3) is 0.0952. The van der Waals surface area contributed by atoms with Gasteiger partial charge in [0.05, 0.1) is 17.7 Å². The molecule has 6 nitrogen and oxygen atoms in total. The molecule has 0 saturated heterocycles. The van der Waals surface area contributed by atoms with Crippen LogP contribution in [0.5, 0.6) is 5.75 Å². The lowest BCUT2D eigenvalue weighted by molar-refractivity contribution is 0.102. The summed E-state index contributed by atoms with van der Waals surface area (Å²) in [5.41, 5.74) is 1.38. The van der Waals surface area contributed by atoms with Gasteiger partial charge in [0.15, 0.2) is 0 Å². The van der Waals surface area contributed by atoms with Crippen molar-refractivity contribution in [2.45, 2.75) is 11.8 Å². The van der Waals surface area contributed by atoms with Gasteiger partial charge in [-0.1, -0.05) is 12.1 Å². The van der Waals surface area contributed by atoms with Crippen molar-refractivity contribution in [3.05, 3.63) is 83.7 Å². The van der Waals surface area contributed by atoms with Gasteiger partial charge < -0.3 is 10.1 Å². The molecule has 3 rings (SSSR count). The fourth-order valence-electron chi connectivity index (χ4n) is 2.63. The van der Waals surface area contributed by atoms with Crippen LogP contribution in [0.2, 0.25) is 0 Å². The van der Waals surface area contributed by atoms with Gasteiger partial charge in [0.25, 0.3) is 15.9 Å². The summed E-state index contributed by atoms with van der Waals surface area (Å²) in [4.78, 5) is 12.4. The number of carbonyl (C=O) groups is 1. The molecule has 0 aromatic heterocycles. The van der Waals surface area contributed by atoms with Crippen molar-refractivity contribution < 1.29 is 22.3 Å². The van der Waals surface area contributed by atoms with Crippen molar-refractivity contribution >= 4 is 27.3 Å². The SMILES string of the molecule is COc1ccccc1NC(=O)c1ccc(NS(=O)(=O)c2ccc(F)c(C)c2)cc1. The van der Waals surface area contributed by atoms with E-state index < -0.39 is 15.8 Å². The van der Waals surface area contributed by atoms with Crippen LogP contribution >= 0.6 is 0 Å². The van der Waals surface area contributed by atoms with Crippen LogP contribution in [0, 0.1) is 12.7 Å². The summed E-state index contributed by atoms with van der Waals surface area (Å²) in [7, 11) is -2.37. The van der Waals surface area contributed by atoms with Gasteiger partial charge in [0.1, 0.15) is 11.6 Å². The Hall–Kier alpha value is -3.39. The van der Waals surface area contributed by atoms with E-state index >= 15 is 0 Å². The maximum absolute atomic E-state index is 13.4. The number of aryl methyl sites for hydroxylation is 1. The average molecular weight is 414 g/mol. The van der Waals surface area contributed by atoms with Gasteiger partial charge >= 0.3 is 0 Å². The van der Waals surface area contributed by atoms with Crippen molar-refractivity contribution in [2.24, 2.45) is 0 Å². The van der Waals surface area contributed by atoms with Crippen LogP contribution in [-0.2, 0) is 10.0 Å². The lowest BCUT2D eigenvalue weighted by Crippen LogP contribution is -2.14. The second-order valence-electron chi connectivity index (χ2n) is 6.25. The molecular formula is C21H19FN2O4S. The Bertz CT molecular complexity index is 1150. The minimum Gasteiger partial charge on any atom is -0.495 e. The Morgan fingerprint density at radius 2 is 1.69 bits per heavy atom. The van der Waals surface area contributed by atoms with Crippen molar-refractivity contribution in [3.63, 3.8) is 0 Å². The number of amides is 1. The van der Waals surface area contributed by atoms with Gasteiger partial charge in [0.2, 0.25) is 0 Å². The number of ether oxygens (including phenoxy) is 1. The topological polar surface area (TPSA) is 84.5 Å². The van der Waals surface area contributed by atoms with Gasteiger partial charge in [-0.25, -0.2) is 12.8 Å². The van der Waals surface area contributed by atoms with Crippen LogP contribution < -0.4 is 14.8 Å². The van der Waals surface area contributed by atoms with E-state index in [1.54, 1.807) is 24.3 Å². The lowest BCUT2D eigenvalue weighted by Gasteiger charge is -2.11. The number of carbonyl (C=O) groups excluding carboxylic acids is 1. The predicted octanol–water partition coefficient (Wildman–Crippen LogP) is 4.20. The quantitative estimate of drug-likeness (QED) is 0.633. The summed E-state index contributed by atoms with van der Waals surface area (Å²) in [6.07, 6.45) is 0. The molecule has 8 heteroatoms. The first-order chi connectivity index (χ1) is 13.8. The van der Waals surface area contributed by atoms with Crippen LogP contribution in [0.1, 0.15) is 15.9 Å². The van der Waals surface area contributed by atoms with E-state index in [1.807, 2.05) is 0 Å². The smallest absolute Gasteiger partial charge is 0.261 e. The van der Waals surface area contributed by atoms with Crippen molar-refractivity contribution in [3.8, 4) is 5.75 Å². The van der Waals surface area contributed by atoms with Gasteiger partial charge in [-0.05, 0) is 67.1 Å². The Balaban J connectivity index is 1.74. The second kappa shape index (κ2) is 8.32. The maximum atomic E-state index is 13.4. The van der Waals surface area contributed by atoms with Crippen molar-refractivity contribution in [2.75, 3.05) is 17.1 Å².